The molecule has 33 heavy (non-hydrogen) atoms. The summed E-state index contributed by atoms with van der Waals surface area (Å²) in [5.41, 5.74) is 5.68. The molecule has 166 valence electrons. The Hall–Kier alpha value is -4.05. The first-order valence-corrected chi connectivity index (χ1v) is 11.0. The van der Waals surface area contributed by atoms with Crippen LogP contribution in [0, 0.1) is 11.3 Å². The Labute approximate surface area is 191 Å². The molecule has 1 aliphatic carbocycles. The van der Waals surface area contributed by atoms with Crippen LogP contribution >= 0.6 is 0 Å². The number of aromatic amines is 1. The van der Waals surface area contributed by atoms with Crippen LogP contribution in [-0.2, 0) is 22.4 Å². The lowest BCUT2D eigenvalue weighted by Gasteiger charge is -2.19. The molecule has 1 aliphatic heterocycles. The van der Waals surface area contributed by atoms with Crippen molar-refractivity contribution >= 4 is 34.0 Å². The van der Waals surface area contributed by atoms with Crippen molar-refractivity contribution in [2.45, 2.75) is 25.7 Å². The van der Waals surface area contributed by atoms with Gasteiger partial charge in [-0.3, -0.25) is 4.79 Å². The fourth-order valence-corrected chi connectivity index (χ4v) is 4.88. The number of nitriles is 1. The van der Waals surface area contributed by atoms with Crippen molar-refractivity contribution in [2.24, 2.45) is 0 Å². The molecule has 1 aromatic heterocycles. The number of ether oxygens (including phenoxy) is 1. The molecule has 0 spiro atoms. The van der Waals surface area contributed by atoms with Crippen molar-refractivity contribution in [3.05, 3.63) is 70.7 Å². The maximum atomic E-state index is 12.9. The van der Waals surface area contributed by atoms with Crippen LogP contribution in [0.3, 0.4) is 0 Å². The van der Waals surface area contributed by atoms with Gasteiger partial charge in [0.15, 0.2) is 6.61 Å². The van der Waals surface area contributed by atoms with Gasteiger partial charge in [-0.1, -0.05) is 12.1 Å². The van der Waals surface area contributed by atoms with Gasteiger partial charge < -0.3 is 19.5 Å². The smallest absolute Gasteiger partial charge is 0.338 e. The third-order valence-corrected chi connectivity index (χ3v) is 6.52. The number of fused-ring (bicyclic) bond motifs is 4. The number of esters is 1. The number of benzene rings is 2. The number of para-hydroxylation sites is 2. The molecule has 0 atom stereocenters. The van der Waals surface area contributed by atoms with E-state index in [4.69, 9.17) is 4.74 Å². The average Bonchev–Trinajstić information content (AvgIpc) is 3.33. The third kappa shape index (κ3) is 3.44. The van der Waals surface area contributed by atoms with Crippen molar-refractivity contribution in [2.75, 3.05) is 30.5 Å². The molecule has 5 rings (SSSR count). The van der Waals surface area contributed by atoms with E-state index >= 15 is 0 Å². The highest BCUT2D eigenvalue weighted by atomic mass is 16.5. The van der Waals surface area contributed by atoms with Gasteiger partial charge in [-0.05, 0) is 61.6 Å². The van der Waals surface area contributed by atoms with E-state index in [9.17, 15) is 14.9 Å². The monoisotopic (exact) mass is 440 g/mol. The fourth-order valence-electron chi connectivity index (χ4n) is 4.88. The number of ketones is 1. The summed E-state index contributed by atoms with van der Waals surface area (Å²) < 4.78 is 5.33. The average molecular weight is 441 g/mol. The van der Waals surface area contributed by atoms with Gasteiger partial charge in [0, 0.05) is 30.7 Å². The number of nitrogens with one attached hydrogen (secondary N) is 1. The molecular formula is C26H24N4O3. The minimum atomic E-state index is -0.574. The molecule has 3 aromatic rings. The first-order valence-electron chi connectivity index (χ1n) is 11.0. The van der Waals surface area contributed by atoms with Crippen molar-refractivity contribution < 1.29 is 14.3 Å². The van der Waals surface area contributed by atoms with Crippen LogP contribution in [0.5, 0.6) is 0 Å². The normalized spacial score (nSPS) is 14.6. The van der Waals surface area contributed by atoms with Crippen molar-refractivity contribution in [1.29, 1.82) is 5.26 Å². The molecule has 0 bridgehead atoms. The number of aromatic nitrogens is 1. The van der Waals surface area contributed by atoms with Crippen LogP contribution in [0.2, 0.25) is 0 Å². The summed E-state index contributed by atoms with van der Waals surface area (Å²) in [5.74, 6) is -0.637. The van der Waals surface area contributed by atoms with Crippen molar-refractivity contribution in [3.63, 3.8) is 0 Å². The number of carbonyl (C=O) groups is 2. The first kappa shape index (κ1) is 20.8. The van der Waals surface area contributed by atoms with E-state index in [0.29, 0.717) is 11.4 Å². The Morgan fingerprint density at radius 2 is 1.76 bits per heavy atom. The summed E-state index contributed by atoms with van der Waals surface area (Å²) in [7, 11) is 3.61. The highest BCUT2D eigenvalue weighted by Gasteiger charge is 2.31. The number of hydrogen-bond acceptors (Lipinski definition) is 6. The molecule has 7 nitrogen and oxygen atoms in total. The number of hydrogen-bond donors (Lipinski definition) is 1. The molecular weight excluding hydrogens is 416 g/mol. The molecule has 2 aliphatic rings. The van der Waals surface area contributed by atoms with E-state index in [0.717, 1.165) is 41.5 Å². The zero-order valence-corrected chi connectivity index (χ0v) is 18.6. The molecule has 0 fully saturated rings. The zero-order valence-electron chi connectivity index (χ0n) is 18.6. The first-order chi connectivity index (χ1) is 16.0. The summed E-state index contributed by atoms with van der Waals surface area (Å²) >= 11 is 0. The predicted molar refractivity (Wildman–Crippen MR) is 126 cm³/mol. The highest BCUT2D eigenvalue weighted by Crippen LogP contribution is 2.40. The van der Waals surface area contributed by atoms with Crippen LogP contribution in [0.4, 0.5) is 11.4 Å². The third-order valence-electron chi connectivity index (χ3n) is 6.52. The number of aryl methyl sites for hydroxylation is 2. The van der Waals surface area contributed by atoms with Crippen LogP contribution in [-0.4, -0.2) is 37.4 Å². The molecule has 1 N–H and O–H groups in total. The molecule has 0 saturated heterocycles. The van der Waals surface area contributed by atoms with Gasteiger partial charge >= 0.3 is 5.97 Å². The topological polar surface area (TPSA) is 89.4 Å². The SMILES string of the molecule is CN1C(=C(C#N)C(=O)COC(=O)c2ccc3[nH]c4c(c3c2)CCCC4)N(C)c2ccccc21. The number of carbonyl (C=O) groups excluding carboxylic acids is 2. The lowest BCUT2D eigenvalue weighted by atomic mass is 9.95. The van der Waals surface area contributed by atoms with E-state index in [1.165, 1.54) is 17.7 Å². The molecule has 0 saturated carbocycles. The summed E-state index contributed by atoms with van der Waals surface area (Å²) in [4.78, 5) is 32.7. The van der Waals surface area contributed by atoms with Gasteiger partial charge in [0.1, 0.15) is 17.5 Å². The summed E-state index contributed by atoms with van der Waals surface area (Å²) in [5, 5.41) is 10.8. The van der Waals surface area contributed by atoms with Crippen molar-refractivity contribution in [1.82, 2.24) is 4.98 Å². The zero-order chi connectivity index (χ0) is 23.1. The van der Waals surface area contributed by atoms with Crippen molar-refractivity contribution in [3.8, 4) is 6.07 Å². The maximum Gasteiger partial charge on any atom is 0.338 e. The second-order valence-electron chi connectivity index (χ2n) is 8.47. The predicted octanol–water partition coefficient (Wildman–Crippen LogP) is 4.09. The molecule has 7 heteroatoms. The molecule has 2 heterocycles. The quantitative estimate of drug-likeness (QED) is 0.373. The largest absolute Gasteiger partial charge is 0.454 e. The Morgan fingerprint density at radius 3 is 2.45 bits per heavy atom. The molecule has 2 aromatic carbocycles. The van der Waals surface area contributed by atoms with Gasteiger partial charge in [-0.15, -0.1) is 0 Å². The second kappa shape index (κ2) is 8.14. The van der Waals surface area contributed by atoms with Crippen LogP contribution in [0.25, 0.3) is 10.9 Å². The number of nitrogens with zero attached hydrogens (tertiary/aromatic N) is 3. The molecule has 0 unspecified atom stereocenters. The fraction of sp³-hybridized carbons (Fsp3) is 0.269. The van der Waals surface area contributed by atoms with E-state index < -0.39 is 18.4 Å². The Balaban J connectivity index is 1.35. The molecule has 0 amide bonds. The lowest BCUT2D eigenvalue weighted by molar-refractivity contribution is -0.118. The lowest BCUT2D eigenvalue weighted by Crippen LogP contribution is -2.27. The number of H-pyrrole nitrogens is 1. The standard InChI is InChI=1S/C26H24N4O3/c1-29-22-9-5-6-10-23(22)30(2)25(29)19(14-27)24(31)15-33-26(32)16-11-12-21-18(13-16)17-7-3-4-8-20(17)28-21/h5-6,9-13,28H,3-4,7-8,15H2,1-2H3. The van der Waals surface area contributed by atoms with Gasteiger partial charge in [-0.2, -0.15) is 5.26 Å². The summed E-state index contributed by atoms with van der Waals surface area (Å²) in [6, 6.07) is 15.1. The van der Waals surface area contributed by atoms with E-state index in [1.54, 1.807) is 30.0 Å². The number of rotatable bonds is 4. The molecule has 0 radical (unpaired) electrons. The van der Waals surface area contributed by atoms with Crippen LogP contribution in [0.15, 0.2) is 53.9 Å². The van der Waals surface area contributed by atoms with Gasteiger partial charge in [0.2, 0.25) is 5.78 Å². The second-order valence-corrected chi connectivity index (χ2v) is 8.47. The Bertz CT molecular complexity index is 1330. The van der Waals surface area contributed by atoms with E-state index in [1.807, 2.05) is 42.5 Å². The van der Waals surface area contributed by atoms with E-state index in [2.05, 4.69) is 4.98 Å². The maximum absolute atomic E-state index is 12.9. The minimum absolute atomic E-state index is 0.0424. The number of Topliss-reactive ketones (excluding diaryl/α,β-unsaturated/α-hetero) is 1. The van der Waals surface area contributed by atoms with E-state index in [-0.39, 0.29) is 5.57 Å². The van der Waals surface area contributed by atoms with Gasteiger partial charge in [0.25, 0.3) is 0 Å². The van der Waals surface area contributed by atoms with Crippen LogP contribution < -0.4 is 9.80 Å². The number of anilines is 2. The summed E-state index contributed by atoms with van der Waals surface area (Å²) in [6.45, 7) is -0.494. The highest BCUT2D eigenvalue weighted by molar-refractivity contribution is 6.05. The Kier molecular flexibility index (Phi) is 5.14. The summed E-state index contributed by atoms with van der Waals surface area (Å²) in [6.07, 6.45) is 4.33. The minimum Gasteiger partial charge on any atom is -0.454 e. The Morgan fingerprint density at radius 1 is 1.06 bits per heavy atom. The van der Waals surface area contributed by atoms with Gasteiger partial charge in [-0.25, -0.2) is 4.79 Å². The van der Waals surface area contributed by atoms with Crippen LogP contribution in [0.1, 0.15) is 34.5 Å². The van der Waals surface area contributed by atoms with Gasteiger partial charge in [0.05, 0.1) is 16.9 Å².